The first-order valence-electron chi connectivity index (χ1n) is 6.58. The highest BCUT2D eigenvalue weighted by molar-refractivity contribution is 5.81. The van der Waals surface area contributed by atoms with Crippen LogP contribution in [0, 0.1) is 5.92 Å². The Balaban J connectivity index is 2.15. The average molecular weight is 245 g/mol. The van der Waals surface area contributed by atoms with Gasteiger partial charge in [0.25, 0.3) is 0 Å². The Kier molecular flexibility index (Phi) is 2.50. The molecule has 1 aliphatic rings. The van der Waals surface area contributed by atoms with E-state index in [2.05, 4.69) is 40.3 Å². The Hall–Kier alpha value is -1.65. The number of hydrogen-bond acceptors (Lipinski definition) is 4. The van der Waals surface area contributed by atoms with Gasteiger partial charge in [-0.15, -0.1) is 0 Å². The van der Waals surface area contributed by atoms with Crippen molar-refractivity contribution in [3.63, 3.8) is 0 Å². The Morgan fingerprint density at radius 3 is 2.61 bits per heavy atom. The van der Waals surface area contributed by atoms with Crippen LogP contribution in [-0.2, 0) is 0 Å². The van der Waals surface area contributed by atoms with E-state index in [9.17, 15) is 0 Å². The molecule has 0 radical (unpaired) electrons. The van der Waals surface area contributed by atoms with Crippen molar-refractivity contribution >= 4 is 17.0 Å². The fourth-order valence-corrected chi connectivity index (χ4v) is 2.10. The van der Waals surface area contributed by atoms with Crippen molar-refractivity contribution in [2.24, 2.45) is 5.92 Å². The van der Waals surface area contributed by atoms with Gasteiger partial charge in [0.1, 0.15) is 11.3 Å². The van der Waals surface area contributed by atoms with Gasteiger partial charge in [-0.1, -0.05) is 13.8 Å². The topological polar surface area (TPSA) is 69.6 Å². The SMILES string of the molecule is CC(C)[C@H](C)n1cnc2c(N)nc(C3CC3)nc21. The molecule has 3 rings (SSSR count). The van der Waals surface area contributed by atoms with Crippen molar-refractivity contribution in [3.8, 4) is 0 Å². The highest BCUT2D eigenvalue weighted by Gasteiger charge is 2.28. The number of nitrogens with two attached hydrogens (primary N) is 1. The average Bonchev–Trinajstić information content (AvgIpc) is 3.08. The maximum absolute atomic E-state index is 5.99. The lowest BCUT2D eigenvalue weighted by molar-refractivity contribution is 0.414. The molecule has 0 unspecified atom stereocenters. The first-order chi connectivity index (χ1) is 8.58. The lowest BCUT2D eigenvalue weighted by Crippen LogP contribution is -2.12. The van der Waals surface area contributed by atoms with E-state index in [1.54, 1.807) is 0 Å². The number of aromatic nitrogens is 4. The summed E-state index contributed by atoms with van der Waals surface area (Å²) in [6.07, 6.45) is 4.19. The van der Waals surface area contributed by atoms with E-state index in [1.807, 2.05) is 6.33 Å². The summed E-state index contributed by atoms with van der Waals surface area (Å²) in [5, 5.41) is 0. The van der Waals surface area contributed by atoms with E-state index in [-0.39, 0.29) is 0 Å². The van der Waals surface area contributed by atoms with Crippen LogP contribution in [0.2, 0.25) is 0 Å². The van der Waals surface area contributed by atoms with Crippen LogP contribution >= 0.6 is 0 Å². The molecule has 2 N–H and O–H groups in total. The van der Waals surface area contributed by atoms with Gasteiger partial charge in [-0.3, -0.25) is 0 Å². The number of nitrogens with zero attached hydrogens (tertiary/aromatic N) is 4. The number of hydrogen-bond donors (Lipinski definition) is 1. The molecule has 0 aliphatic heterocycles. The summed E-state index contributed by atoms with van der Waals surface area (Å²) in [5.74, 6) is 2.44. The van der Waals surface area contributed by atoms with E-state index in [1.165, 1.54) is 12.8 Å². The van der Waals surface area contributed by atoms with Crippen LogP contribution in [0.3, 0.4) is 0 Å². The molecule has 0 amide bonds. The molecule has 1 saturated carbocycles. The highest BCUT2D eigenvalue weighted by atomic mass is 15.2. The molecule has 96 valence electrons. The standard InChI is InChI=1S/C13H19N5/c1-7(2)8(3)18-6-15-10-11(14)16-12(9-4-5-9)17-13(10)18/h6-9H,4-5H2,1-3H3,(H2,14,16,17)/t8-/m0/s1. The van der Waals surface area contributed by atoms with Crippen molar-refractivity contribution in [1.82, 2.24) is 19.5 Å². The third kappa shape index (κ3) is 1.74. The molecular formula is C13H19N5. The molecule has 1 atom stereocenters. The lowest BCUT2D eigenvalue weighted by Gasteiger charge is -2.17. The predicted molar refractivity (Wildman–Crippen MR) is 71.3 cm³/mol. The summed E-state index contributed by atoms with van der Waals surface area (Å²) in [6, 6.07) is 0.358. The van der Waals surface area contributed by atoms with E-state index in [4.69, 9.17) is 5.73 Å². The number of imidazole rings is 1. The minimum atomic E-state index is 0.358. The molecule has 0 bridgehead atoms. The van der Waals surface area contributed by atoms with Crippen LogP contribution in [0.5, 0.6) is 0 Å². The van der Waals surface area contributed by atoms with Gasteiger partial charge in [0.15, 0.2) is 11.5 Å². The Morgan fingerprint density at radius 1 is 1.28 bits per heavy atom. The van der Waals surface area contributed by atoms with Crippen LogP contribution in [0.1, 0.15) is 51.4 Å². The fraction of sp³-hybridized carbons (Fsp3) is 0.615. The zero-order chi connectivity index (χ0) is 12.9. The summed E-state index contributed by atoms with van der Waals surface area (Å²) in [4.78, 5) is 13.4. The van der Waals surface area contributed by atoms with Gasteiger partial charge < -0.3 is 10.3 Å². The summed E-state index contributed by atoms with van der Waals surface area (Å²) >= 11 is 0. The van der Waals surface area contributed by atoms with Crippen LogP contribution in [-0.4, -0.2) is 19.5 Å². The monoisotopic (exact) mass is 245 g/mol. The lowest BCUT2D eigenvalue weighted by atomic mass is 10.1. The van der Waals surface area contributed by atoms with Gasteiger partial charge in [0, 0.05) is 12.0 Å². The van der Waals surface area contributed by atoms with E-state index < -0.39 is 0 Å². The molecule has 2 aromatic heterocycles. The molecule has 1 fully saturated rings. The number of fused-ring (bicyclic) bond motifs is 1. The number of nitrogen functional groups attached to an aromatic ring is 1. The molecule has 18 heavy (non-hydrogen) atoms. The van der Waals surface area contributed by atoms with Gasteiger partial charge in [-0.25, -0.2) is 15.0 Å². The van der Waals surface area contributed by atoms with Crippen LogP contribution in [0.25, 0.3) is 11.2 Å². The van der Waals surface area contributed by atoms with Crippen LogP contribution in [0.15, 0.2) is 6.33 Å². The predicted octanol–water partition coefficient (Wildman–Crippen LogP) is 2.50. The molecule has 1 aliphatic carbocycles. The van der Waals surface area contributed by atoms with Gasteiger partial charge in [-0.2, -0.15) is 0 Å². The fourth-order valence-electron chi connectivity index (χ4n) is 2.10. The maximum Gasteiger partial charge on any atom is 0.166 e. The van der Waals surface area contributed by atoms with Crippen LogP contribution in [0.4, 0.5) is 5.82 Å². The van der Waals surface area contributed by atoms with E-state index >= 15 is 0 Å². The number of rotatable bonds is 3. The summed E-state index contributed by atoms with van der Waals surface area (Å²) < 4.78 is 2.12. The first-order valence-corrected chi connectivity index (χ1v) is 6.58. The second-order valence-corrected chi connectivity index (χ2v) is 5.55. The highest BCUT2D eigenvalue weighted by Crippen LogP contribution is 2.39. The van der Waals surface area contributed by atoms with Gasteiger partial charge in [-0.05, 0) is 25.7 Å². The quantitative estimate of drug-likeness (QED) is 0.902. The molecule has 5 nitrogen and oxygen atoms in total. The molecule has 0 aromatic carbocycles. The Labute approximate surface area is 106 Å². The van der Waals surface area contributed by atoms with Crippen molar-refractivity contribution < 1.29 is 0 Å². The van der Waals surface area contributed by atoms with Crippen molar-refractivity contribution in [3.05, 3.63) is 12.2 Å². The minimum Gasteiger partial charge on any atom is -0.382 e. The van der Waals surface area contributed by atoms with Gasteiger partial charge >= 0.3 is 0 Å². The second kappa shape index (κ2) is 3.93. The van der Waals surface area contributed by atoms with E-state index in [0.29, 0.717) is 23.7 Å². The van der Waals surface area contributed by atoms with Gasteiger partial charge in [0.2, 0.25) is 0 Å². The largest absolute Gasteiger partial charge is 0.382 e. The smallest absolute Gasteiger partial charge is 0.166 e. The summed E-state index contributed by atoms with van der Waals surface area (Å²) in [5.41, 5.74) is 7.59. The molecule has 0 saturated heterocycles. The van der Waals surface area contributed by atoms with Crippen molar-refractivity contribution in [2.75, 3.05) is 5.73 Å². The Bertz CT molecular complexity index is 582. The maximum atomic E-state index is 5.99. The van der Waals surface area contributed by atoms with Gasteiger partial charge in [0.05, 0.1) is 6.33 Å². The summed E-state index contributed by atoms with van der Waals surface area (Å²) in [6.45, 7) is 6.58. The molecule has 2 aromatic rings. The van der Waals surface area contributed by atoms with E-state index in [0.717, 1.165) is 17.0 Å². The van der Waals surface area contributed by atoms with Crippen LogP contribution < -0.4 is 5.73 Å². The zero-order valence-corrected chi connectivity index (χ0v) is 11.1. The second-order valence-electron chi connectivity index (χ2n) is 5.55. The number of anilines is 1. The normalized spacial score (nSPS) is 17.6. The molecule has 2 heterocycles. The zero-order valence-electron chi connectivity index (χ0n) is 11.1. The van der Waals surface area contributed by atoms with Crippen molar-refractivity contribution in [2.45, 2.75) is 45.6 Å². The third-order valence-electron chi connectivity index (χ3n) is 3.81. The van der Waals surface area contributed by atoms with Crippen molar-refractivity contribution in [1.29, 1.82) is 0 Å². The minimum absolute atomic E-state index is 0.358. The molecule has 0 spiro atoms. The first kappa shape index (κ1) is 11.4. The Morgan fingerprint density at radius 2 is 2.00 bits per heavy atom. The molecular weight excluding hydrogens is 226 g/mol. The summed E-state index contributed by atoms with van der Waals surface area (Å²) in [7, 11) is 0. The third-order valence-corrected chi connectivity index (χ3v) is 3.81. The molecule has 5 heteroatoms.